The molecule has 0 unspecified atom stereocenters. The van der Waals surface area contributed by atoms with Gasteiger partial charge in [0.15, 0.2) is 0 Å². The summed E-state index contributed by atoms with van der Waals surface area (Å²) in [7, 11) is 1.91. The van der Waals surface area contributed by atoms with E-state index in [9.17, 15) is 0 Å². The SMILES string of the molecule is Cc1nn(C)c(Cl)c1CN(CCC(C)C)CCC(C)C. The molecule has 3 nitrogen and oxygen atoms in total. The lowest BCUT2D eigenvalue weighted by Gasteiger charge is -2.24. The third-order valence-electron chi connectivity index (χ3n) is 3.70. The van der Waals surface area contributed by atoms with Gasteiger partial charge >= 0.3 is 0 Å². The van der Waals surface area contributed by atoms with Crippen LogP contribution in [0.4, 0.5) is 0 Å². The fourth-order valence-electron chi connectivity index (χ4n) is 2.23. The van der Waals surface area contributed by atoms with Crippen LogP contribution in [0.2, 0.25) is 5.15 Å². The molecule has 0 saturated heterocycles. The lowest BCUT2D eigenvalue weighted by atomic mass is 10.1. The Labute approximate surface area is 129 Å². The van der Waals surface area contributed by atoms with Gasteiger partial charge in [-0.2, -0.15) is 5.10 Å². The lowest BCUT2D eigenvalue weighted by Crippen LogP contribution is -2.27. The van der Waals surface area contributed by atoms with E-state index in [0.717, 1.165) is 42.3 Å². The van der Waals surface area contributed by atoms with Gasteiger partial charge in [0.2, 0.25) is 0 Å². The molecule has 1 heterocycles. The number of hydrogen-bond donors (Lipinski definition) is 0. The maximum Gasteiger partial charge on any atom is 0.131 e. The van der Waals surface area contributed by atoms with Gasteiger partial charge in [-0.1, -0.05) is 39.3 Å². The molecule has 0 amide bonds. The highest BCUT2D eigenvalue weighted by Crippen LogP contribution is 2.21. The fraction of sp³-hybridized carbons (Fsp3) is 0.812. The van der Waals surface area contributed by atoms with E-state index in [-0.39, 0.29) is 0 Å². The number of hydrogen-bond acceptors (Lipinski definition) is 2. The van der Waals surface area contributed by atoms with Gasteiger partial charge in [-0.25, -0.2) is 0 Å². The highest BCUT2D eigenvalue weighted by molar-refractivity contribution is 6.30. The minimum absolute atomic E-state index is 0.738. The van der Waals surface area contributed by atoms with Gasteiger partial charge < -0.3 is 0 Å². The van der Waals surface area contributed by atoms with Gasteiger partial charge in [0.05, 0.1) is 5.69 Å². The molecule has 0 aliphatic rings. The molecule has 1 aromatic rings. The maximum absolute atomic E-state index is 6.36. The molecule has 0 spiro atoms. The quantitative estimate of drug-likeness (QED) is 0.714. The second-order valence-corrected chi connectivity index (χ2v) is 6.98. The van der Waals surface area contributed by atoms with Crippen LogP contribution in [0, 0.1) is 18.8 Å². The first-order valence-electron chi connectivity index (χ1n) is 7.71. The number of halogens is 1. The van der Waals surface area contributed by atoms with Gasteiger partial charge in [0, 0.05) is 19.2 Å². The molecule has 0 atom stereocenters. The Kier molecular flexibility index (Phi) is 7.04. The molecule has 0 N–H and O–H groups in total. The van der Waals surface area contributed by atoms with E-state index >= 15 is 0 Å². The Morgan fingerprint density at radius 2 is 1.60 bits per heavy atom. The average Bonchev–Trinajstić information content (AvgIpc) is 2.58. The largest absolute Gasteiger partial charge is 0.299 e. The zero-order chi connectivity index (χ0) is 15.3. The number of aromatic nitrogens is 2. The molecule has 0 aliphatic heterocycles. The Morgan fingerprint density at radius 1 is 1.10 bits per heavy atom. The third kappa shape index (κ3) is 5.45. The van der Waals surface area contributed by atoms with Crippen LogP contribution in [0.3, 0.4) is 0 Å². The van der Waals surface area contributed by atoms with Crippen molar-refractivity contribution in [3.63, 3.8) is 0 Å². The van der Waals surface area contributed by atoms with E-state index < -0.39 is 0 Å². The highest BCUT2D eigenvalue weighted by Gasteiger charge is 2.15. The van der Waals surface area contributed by atoms with Crippen molar-refractivity contribution in [2.45, 2.75) is 54.0 Å². The second kappa shape index (κ2) is 8.04. The monoisotopic (exact) mass is 299 g/mol. The highest BCUT2D eigenvalue weighted by atomic mass is 35.5. The minimum Gasteiger partial charge on any atom is -0.299 e. The van der Waals surface area contributed by atoms with E-state index in [0.29, 0.717) is 0 Å². The van der Waals surface area contributed by atoms with Crippen LogP contribution >= 0.6 is 11.6 Å². The first-order valence-corrected chi connectivity index (χ1v) is 8.09. The molecular weight excluding hydrogens is 270 g/mol. The molecule has 0 aliphatic carbocycles. The van der Waals surface area contributed by atoms with Crippen molar-refractivity contribution in [2.75, 3.05) is 13.1 Å². The molecule has 0 aromatic carbocycles. The van der Waals surface area contributed by atoms with Crippen molar-refractivity contribution >= 4 is 11.6 Å². The van der Waals surface area contributed by atoms with Crippen LogP contribution in [0.15, 0.2) is 0 Å². The van der Waals surface area contributed by atoms with Crippen molar-refractivity contribution in [3.05, 3.63) is 16.4 Å². The van der Waals surface area contributed by atoms with Gasteiger partial charge in [-0.3, -0.25) is 9.58 Å². The van der Waals surface area contributed by atoms with Crippen molar-refractivity contribution in [2.24, 2.45) is 18.9 Å². The fourth-order valence-corrected chi connectivity index (χ4v) is 2.46. The zero-order valence-corrected chi connectivity index (χ0v) is 14.7. The summed E-state index contributed by atoms with van der Waals surface area (Å²) in [6.45, 7) is 14.4. The smallest absolute Gasteiger partial charge is 0.131 e. The van der Waals surface area contributed by atoms with Crippen LogP contribution in [0.1, 0.15) is 51.8 Å². The molecule has 20 heavy (non-hydrogen) atoms. The topological polar surface area (TPSA) is 21.1 Å². The van der Waals surface area contributed by atoms with Crippen LogP contribution in [-0.4, -0.2) is 27.8 Å². The van der Waals surface area contributed by atoms with Crippen LogP contribution in [0.25, 0.3) is 0 Å². The Balaban J connectivity index is 2.71. The summed E-state index contributed by atoms with van der Waals surface area (Å²) in [6.07, 6.45) is 2.46. The van der Waals surface area contributed by atoms with Gasteiger partial charge in [-0.15, -0.1) is 0 Å². The van der Waals surface area contributed by atoms with Gasteiger partial charge in [0.25, 0.3) is 0 Å². The van der Waals surface area contributed by atoms with E-state index in [2.05, 4.69) is 37.7 Å². The summed E-state index contributed by atoms with van der Waals surface area (Å²) in [4.78, 5) is 2.52. The molecule has 0 bridgehead atoms. The number of nitrogens with zero attached hydrogens (tertiary/aromatic N) is 3. The number of aryl methyl sites for hydroxylation is 2. The van der Waals surface area contributed by atoms with Gasteiger partial charge in [-0.05, 0) is 44.7 Å². The second-order valence-electron chi connectivity index (χ2n) is 6.62. The summed E-state index contributed by atoms with van der Waals surface area (Å²) in [5, 5.41) is 5.19. The van der Waals surface area contributed by atoms with E-state index in [4.69, 9.17) is 11.6 Å². The minimum atomic E-state index is 0.738. The zero-order valence-electron chi connectivity index (χ0n) is 13.9. The van der Waals surface area contributed by atoms with E-state index in [1.54, 1.807) is 4.68 Å². The predicted octanol–water partition coefficient (Wildman–Crippen LogP) is 4.28. The summed E-state index contributed by atoms with van der Waals surface area (Å²) < 4.78 is 1.77. The normalized spacial score (nSPS) is 12.1. The van der Waals surface area contributed by atoms with Crippen molar-refractivity contribution in [1.82, 2.24) is 14.7 Å². The first-order chi connectivity index (χ1) is 9.31. The van der Waals surface area contributed by atoms with Crippen molar-refractivity contribution in [3.8, 4) is 0 Å². The first kappa shape index (κ1) is 17.5. The summed E-state index contributed by atoms with van der Waals surface area (Å²) >= 11 is 6.36. The van der Waals surface area contributed by atoms with Crippen LogP contribution in [0.5, 0.6) is 0 Å². The van der Waals surface area contributed by atoms with Crippen molar-refractivity contribution in [1.29, 1.82) is 0 Å². The van der Waals surface area contributed by atoms with Crippen LogP contribution < -0.4 is 0 Å². The van der Waals surface area contributed by atoms with Gasteiger partial charge in [0.1, 0.15) is 5.15 Å². The summed E-state index contributed by atoms with van der Waals surface area (Å²) in [5.74, 6) is 1.48. The Morgan fingerprint density at radius 3 is 1.95 bits per heavy atom. The maximum atomic E-state index is 6.36. The Hall–Kier alpha value is -0.540. The molecule has 0 radical (unpaired) electrons. The lowest BCUT2D eigenvalue weighted by molar-refractivity contribution is 0.235. The van der Waals surface area contributed by atoms with E-state index in [1.165, 1.54) is 18.4 Å². The molecule has 1 aromatic heterocycles. The van der Waals surface area contributed by atoms with E-state index in [1.807, 2.05) is 14.0 Å². The summed E-state index contributed by atoms with van der Waals surface area (Å²) in [6, 6.07) is 0. The molecule has 4 heteroatoms. The standard InChI is InChI=1S/C16H30ClN3/c1-12(2)7-9-20(10-8-13(3)4)11-15-14(5)18-19(6)16(15)17/h12-13H,7-11H2,1-6H3. The summed E-state index contributed by atoms with van der Waals surface area (Å²) in [5.41, 5.74) is 2.23. The number of rotatable bonds is 8. The predicted molar refractivity (Wildman–Crippen MR) is 87.1 cm³/mol. The molecule has 116 valence electrons. The van der Waals surface area contributed by atoms with Crippen LogP contribution in [-0.2, 0) is 13.6 Å². The Bertz CT molecular complexity index is 398. The third-order valence-corrected chi connectivity index (χ3v) is 4.17. The molecular formula is C16H30ClN3. The molecule has 1 rings (SSSR count). The van der Waals surface area contributed by atoms with Crippen molar-refractivity contribution < 1.29 is 0 Å². The average molecular weight is 300 g/mol. The molecule has 0 fully saturated rings. The molecule has 0 saturated carbocycles.